The molecule has 0 atom stereocenters. The van der Waals surface area contributed by atoms with Gasteiger partial charge in [0.15, 0.2) is 0 Å². The van der Waals surface area contributed by atoms with Crippen molar-refractivity contribution in [3.05, 3.63) is 90.6 Å². The molecule has 9 heteroatoms. The molecule has 0 amide bonds. The van der Waals surface area contributed by atoms with Gasteiger partial charge in [0.25, 0.3) is 10.0 Å². The summed E-state index contributed by atoms with van der Waals surface area (Å²) in [4.78, 5) is 3.74. The smallest absolute Gasteiger partial charge is 0.416 e. The van der Waals surface area contributed by atoms with E-state index >= 15 is 0 Å². The topological polar surface area (TPSA) is 68.3 Å². The van der Waals surface area contributed by atoms with Crippen LogP contribution in [0.2, 0.25) is 0 Å². The molecule has 1 aromatic heterocycles. The third kappa shape index (κ3) is 4.77. The van der Waals surface area contributed by atoms with E-state index in [1.807, 2.05) is 6.07 Å². The fourth-order valence-electron chi connectivity index (χ4n) is 2.93. The number of ether oxygens (including phenoxy) is 1. The summed E-state index contributed by atoms with van der Waals surface area (Å²) in [6.45, 7) is 0. The number of halogens is 3. The Balaban J connectivity index is 1.56. The molecule has 0 aliphatic carbocycles. The number of pyridine rings is 1. The molecule has 4 aromatic rings. The maximum atomic E-state index is 12.9. The number of aromatic nitrogens is 1. The zero-order valence-corrected chi connectivity index (χ0v) is 16.6. The fourth-order valence-corrected chi connectivity index (χ4v) is 4.02. The molecule has 0 bridgehead atoms. The van der Waals surface area contributed by atoms with Gasteiger partial charge in [-0.05, 0) is 54.6 Å². The van der Waals surface area contributed by atoms with E-state index in [2.05, 4.69) is 9.71 Å². The second-order valence-corrected chi connectivity index (χ2v) is 8.30. The Hall–Kier alpha value is -3.59. The summed E-state index contributed by atoms with van der Waals surface area (Å²) < 4.78 is 71.9. The van der Waals surface area contributed by atoms with Gasteiger partial charge in [0.1, 0.15) is 11.5 Å². The quantitative estimate of drug-likeness (QED) is 0.420. The van der Waals surface area contributed by atoms with Crippen LogP contribution < -0.4 is 9.46 Å². The number of nitrogens with one attached hydrogen (secondary N) is 1. The van der Waals surface area contributed by atoms with E-state index in [1.54, 1.807) is 42.6 Å². The highest BCUT2D eigenvalue weighted by atomic mass is 32.2. The van der Waals surface area contributed by atoms with Gasteiger partial charge in [-0.2, -0.15) is 13.2 Å². The first kappa shape index (κ1) is 20.7. The van der Waals surface area contributed by atoms with Crippen molar-refractivity contribution in [3.8, 4) is 11.5 Å². The van der Waals surface area contributed by atoms with E-state index in [1.165, 1.54) is 12.1 Å². The number of hydrogen-bond acceptors (Lipinski definition) is 4. The van der Waals surface area contributed by atoms with E-state index in [9.17, 15) is 21.6 Å². The lowest BCUT2D eigenvalue weighted by Gasteiger charge is -2.12. The number of rotatable bonds is 5. The SMILES string of the molecule is O=S(=O)(Nc1cccc(Oc2ccc3ncccc3c2)c1)c1cccc(C(F)(F)F)c1. The molecule has 158 valence electrons. The predicted octanol–water partition coefficient (Wildman–Crippen LogP) is 5.85. The van der Waals surface area contributed by atoms with Crippen molar-refractivity contribution in [2.75, 3.05) is 4.72 Å². The zero-order chi connectivity index (χ0) is 22.1. The Morgan fingerprint density at radius 1 is 0.839 bits per heavy atom. The molecule has 3 aromatic carbocycles. The standard InChI is InChI=1S/C22H15F3N2O3S/c23-22(24,25)16-5-1-8-20(13-16)31(28,29)27-17-6-2-7-18(14-17)30-19-9-10-21-15(12-19)4-3-11-26-21/h1-14,27H. The van der Waals surface area contributed by atoms with E-state index < -0.39 is 26.7 Å². The molecule has 0 aliphatic heterocycles. The van der Waals surface area contributed by atoms with Crippen LogP contribution in [0.1, 0.15) is 5.56 Å². The summed E-state index contributed by atoms with van der Waals surface area (Å²) in [7, 11) is -4.23. The van der Waals surface area contributed by atoms with Crippen molar-refractivity contribution in [3.63, 3.8) is 0 Å². The van der Waals surface area contributed by atoms with Gasteiger partial charge >= 0.3 is 6.18 Å². The molecule has 0 radical (unpaired) electrons. The van der Waals surface area contributed by atoms with Gasteiger partial charge in [-0.1, -0.05) is 18.2 Å². The Morgan fingerprint density at radius 2 is 1.61 bits per heavy atom. The van der Waals surface area contributed by atoms with Crippen LogP contribution in [0.15, 0.2) is 90.0 Å². The highest BCUT2D eigenvalue weighted by Gasteiger charge is 2.31. The first-order valence-corrected chi connectivity index (χ1v) is 10.5. The molecule has 0 saturated carbocycles. The van der Waals surface area contributed by atoms with Crippen molar-refractivity contribution >= 4 is 26.6 Å². The van der Waals surface area contributed by atoms with Gasteiger partial charge < -0.3 is 4.74 Å². The van der Waals surface area contributed by atoms with Crippen LogP contribution >= 0.6 is 0 Å². The summed E-state index contributed by atoms with van der Waals surface area (Å²) in [5.41, 5.74) is -0.0898. The monoisotopic (exact) mass is 444 g/mol. The Bertz CT molecular complexity index is 1360. The van der Waals surface area contributed by atoms with Gasteiger partial charge in [-0.3, -0.25) is 9.71 Å². The van der Waals surface area contributed by atoms with E-state index in [0.717, 1.165) is 29.1 Å². The largest absolute Gasteiger partial charge is 0.457 e. The molecule has 0 spiro atoms. The highest BCUT2D eigenvalue weighted by Crippen LogP contribution is 2.31. The minimum atomic E-state index is -4.64. The number of sulfonamides is 1. The van der Waals surface area contributed by atoms with Crippen LogP contribution in [0, 0.1) is 0 Å². The van der Waals surface area contributed by atoms with Crippen LogP contribution in [0.5, 0.6) is 11.5 Å². The van der Waals surface area contributed by atoms with E-state index in [0.29, 0.717) is 17.6 Å². The Morgan fingerprint density at radius 3 is 2.42 bits per heavy atom. The summed E-state index contributed by atoms with van der Waals surface area (Å²) in [6.07, 6.45) is -2.96. The van der Waals surface area contributed by atoms with E-state index in [4.69, 9.17) is 4.74 Å². The number of alkyl halides is 3. The molecule has 1 heterocycles. The maximum Gasteiger partial charge on any atom is 0.416 e. The summed E-state index contributed by atoms with van der Waals surface area (Å²) in [5.74, 6) is 0.880. The Labute approximate surface area is 176 Å². The molecule has 4 rings (SSSR count). The summed E-state index contributed by atoms with van der Waals surface area (Å²) >= 11 is 0. The van der Waals surface area contributed by atoms with Crippen LogP contribution in [0.4, 0.5) is 18.9 Å². The van der Waals surface area contributed by atoms with Crippen molar-refractivity contribution in [2.24, 2.45) is 0 Å². The third-order valence-corrected chi connectivity index (χ3v) is 5.75. The fraction of sp³-hybridized carbons (Fsp3) is 0.0455. The summed E-state index contributed by atoms with van der Waals surface area (Å²) in [5, 5.41) is 0.876. The average Bonchev–Trinajstić information content (AvgIpc) is 2.73. The average molecular weight is 444 g/mol. The van der Waals surface area contributed by atoms with Gasteiger partial charge in [0.2, 0.25) is 0 Å². The molecular formula is C22H15F3N2O3S. The van der Waals surface area contributed by atoms with Crippen LogP contribution in [-0.2, 0) is 16.2 Å². The molecule has 1 N–H and O–H groups in total. The molecule has 0 aliphatic rings. The number of anilines is 1. The third-order valence-electron chi connectivity index (χ3n) is 4.37. The summed E-state index contributed by atoms with van der Waals surface area (Å²) in [6, 6.07) is 18.7. The van der Waals surface area contributed by atoms with E-state index in [-0.39, 0.29) is 5.69 Å². The van der Waals surface area contributed by atoms with Crippen molar-refractivity contribution in [1.82, 2.24) is 4.98 Å². The lowest BCUT2D eigenvalue weighted by molar-refractivity contribution is -0.137. The molecule has 31 heavy (non-hydrogen) atoms. The van der Waals surface area contributed by atoms with Gasteiger partial charge in [-0.15, -0.1) is 0 Å². The van der Waals surface area contributed by atoms with Crippen LogP contribution in [0.3, 0.4) is 0 Å². The predicted molar refractivity (Wildman–Crippen MR) is 111 cm³/mol. The first-order chi connectivity index (χ1) is 14.7. The van der Waals surface area contributed by atoms with Crippen LogP contribution in [0.25, 0.3) is 10.9 Å². The number of benzene rings is 3. The first-order valence-electron chi connectivity index (χ1n) is 9.03. The maximum absolute atomic E-state index is 12.9. The molecule has 0 fully saturated rings. The highest BCUT2D eigenvalue weighted by molar-refractivity contribution is 7.92. The molecule has 5 nitrogen and oxygen atoms in total. The molecular weight excluding hydrogens is 429 g/mol. The second-order valence-electron chi connectivity index (χ2n) is 6.62. The Kier molecular flexibility index (Phi) is 5.28. The second kappa shape index (κ2) is 7.92. The van der Waals surface area contributed by atoms with Gasteiger partial charge in [0.05, 0.1) is 21.7 Å². The molecule has 0 saturated heterocycles. The lowest BCUT2D eigenvalue weighted by Crippen LogP contribution is -2.14. The minimum absolute atomic E-state index is 0.150. The zero-order valence-electron chi connectivity index (χ0n) is 15.8. The lowest BCUT2D eigenvalue weighted by atomic mass is 10.2. The minimum Gasteiger partial charge on any atom is -0.457 e. The van der Waals surface area contributed by atoms with Gasteiger partial charge in [0, 0.05) is 17.6 Å². The van der Waals surface area contributed by atoms with Crippen molar-refractivity contribution in [2.45, 2.75) is 11.1 Å². The number of hydrogen-bond donors (Lipinski definition) is 1. The normalized spacial score (nSPS) is 12.0. The number of nitrogens with zero attached hydrogens (tertiary/aromatic N) is 1. The molecule has 0 unspecified atom stereocenters. The van der Waals surface area contributed by atoms with Gasteiger partial charge in [-0.25, -0.2) is 8.42 Å². The van der Waals surface area contributed by atoms with Crippen molar-refractivity contribution in [1.29, 1.82) is 0 Å². The van der Waals surface area contributed by atoms with Crippen molar-refractivity contribution < 1.29 is 26.3 Å². The number of fused-ring (bicyclic) bond motifs is 1. The van der Waals surface area contributed by atoms with Crippen LogP contribution in [-0.4, -0.2) is 13.4 Å².